The molecule has 3 amide bonds. The van der Waals surface area contributed by atoms with Crippen molar-refractivity contribution in [3.05, 3.63) is 28.3 Å². The lowest BCUT2D eigenvalue weighted by Crippen LogP contribution is -2.45. The number of carbonyl (C=O) groups excluding carboxylic acids is 3. The van der Waals surface area contributed by atoms with Crippen LogP contribution in [0.2, 0.25) is 5.02 Å². The lowest BCUT2D eigenvalue weighted by atomic mass is 9.96. The number of amides is 3. The number of benzene rings is 1. The molecule has 3 rings (SSSR count). The van der Waals surface area contributed by atoms with Crippen LogP contribution >= 0.6 is 11.6 Å². The first-order valence-corrected chi connectivity index (χ1v) is 7.54. The van der Waals surface area contributed by atoms with Crippen molar-refractivity contribution in [3.8, 4) is 6.07 Å². The molecule has 0 N–H and O–H groups in total. The Morgan fingerprint density at radius 3 is 2.57 bits per heavy atom. The van der Waals surface area contributed by atoms with Gasteiger partial charge in [-0.1, -0.05) is 11.6 Å². The zero-order chi connectivity index (χ0) is 16.9. The minimum atomic E-state index is -1.08. The minimum absolute atomic E-state index is 0.0190. The summed E-state index contributed by atoms with van der Waals surface area (Å²) in [4.78, 5) is 39.6. The highest BCUT2D eigenvalue weighted by Gasteiger charge is 2.59. The molecule has 0 bridgehead atoms. The number of rotatable bonds is 1. The highest BCUT2D eigenvalue weighted by molar-refractivity contribution is 6.33. The summed E-state index contributed by atoms with van der Waals surface area (Å²) in [6.45, 7) is 1.66. The number of anilines is 1. The van der Waals surface area contributed by atoms with Gasteiger partial charge in [0.05, 0.1) is 16.3 Å². The number of likely N-dealkylation sites (N-methyl/N-ethyl adjacent to an activating group) is 1. The molecule has 1 heterocycles. The van der Waals surface area contributed by atoms with Gasteiger partial charge in [0.1, 0.15) is 17.4 Å². The van der Waals surface area contributed by atoms with E-state index in [1.54, 1.807) is 20.0 Å². The quantitative estimate of drug-likeness (QED) is 0.740. The van der Waals surface area contributed by atoms with E-state index in [4.69, 9.17) is 16.9 Å². The molecule has 6 nitrogen and oxygen atoms in total. The van der Waals surface area contributed by atoms with Crippen molar-refractivity contribution in [1.82, 2.24) is 4.90 Å². The molecule has 1 aliphatic carbocycles. The molecule has 1 saturated carbocycles. The van der Waals surface area contributed by atoms with Gasteiger partial charge in [-0.05, 0) is 31.0 Å². The summed E-state index contributed by atoms with van der Waals surface area (Å²) in [5, 5.41) is 9.23. The molecule has 1 spiro atoms. The monoisotopic (exact) mass is 331 g/mol. The third-order valence-corrected chi connectivity index (χ3v) is 5.23. The van der Waals surface area contributed by atoms with Gasteiger partial charge in [0.2, 0.25) is 0 Å². The van der Waals surface area contributed by atoms with E-state index in [0.29, 0.717) is 24.1 Å². The number of urea groups is 1. The molecule has 23 heavy (non-hydrogen) atoms. The van der Waals surface area contributed by atoms with Crippen molar-refractivity contribution in [2.24, 2.45) is 0 Å². The highest BCUT2D eigenvalue weighted by atomic mass is 35.5. The van der Waals surface area contributed by atoms with Gasteiger partial charge >= 0.3 is 6.03 Å². The number of Topliss-reactive ketones (excluding diaryl/α,β-unsaturated/α-hetero) is 1. The predicted octanol–water partition coefficient (Wildman–Crippen LogP) is 2.41. The largest absolute Gasteiger partial charge is 0.332 e. The van der Waals surface area contributed by atoms with Crippen LogP contribution in [0.4, 0.5) is 10.5 Å². The van der Waals surface area contributed by atoms with Crippen molar-refractivity contribution < 1.29 is 14.4 Å². The molecule has 1 aromatic carbocycles. The summed E-state index contributed by atoms with van der Waals surface area (Å²) in [5.41, 5.74) is 0.0430. The molecule has 2 fully saturated rings. The maximum atomic E-state index is 12.9. The predicted molar refractivity (Wildman–Crippen MR) is 83.1 cm³/mol. The normalized spacial score (nSPS) is 24.0. The van der Waals surface area contributed by atoms with E-state index in [1.165, 1.54) is 11.0 Å². The van der Waals surface area contributed by atoms with E-state index >= 15 is 0 Å². The van der Waals surface area contributed by atoms with Crippen LogP contribution in [0.3, 0.4) is 0 Å². The Labute approximate surface area is 138 Å². The first-order valence-electron chi connectivity index (χ1n) is 7.17. The van der Waals surface area contributed by atoms with E-state index in [-0.39, 0.29) is 22.8 Å². The first kappa shape index (κ1) is 15.5. The number of nitriles is 1. The van der Waals surface area contributed by atoms with Gasteiger partial charge < -0.3 is 4.90 Å². The van der Waals surface area contributed by atoms with E-state index < -0.39 is 17.5 Å². The van der Waals surface area contributed by atoms with Crippen molar-refractivity contribution >= 4 is 35.0 Å². The van der Waals surface area contributed by atoms with Crippen LogP contribution in [0, 0.1) is 18.3 Å². The Kier molecular flexibility index (Phi) is 3.42. The fraction of sp³-hybridized carbons (Fsp3) is 0.375. The average Bonchev–Trinajstić information content (AvgIpc) is 3.00. The molecule has 7 heteroatoms. The molecule has 2 aliphatic rings. The Balaban J connectivity index is 2.10. The van der Waals surface area contributed by atoms with E-state index in [0.717, 1.165) is 4.90 Å². The number of nitrogens with zero attached hydrogens (tertiary/aromatic N) is 3. The SMILES string of the molecule is Cc1c(N2C(=O)N(C)C3(CCC(=O)C3)C2=O)ccc(C#N)c1Cl. The van der Waals surface area contributed by atoms with E-state index in [1.807, 2.05) is 6.07 Å². The van der Waals surface area contributed by atoms with Crippen molar-refractivity contribution in [1.29, 1.82) is 5.26 Å². The first-order chi connectivity index (χ1) is 10.8. The van der Waals surface area contributed by atoms with Gasteiger partial charge in [-0.2, -0.15) is 5.26 Å². The van der Waals surface area contributed by atoms with Gasteiger partial charge in [0, 0.05) is 19.9 Å². The van der Waals surface area contributed by atoms with Gasteiger partial charge in [-0.3, -0.25) is 9.59 Å². The molecule has 0 aromatic heterocycles. The maximum absolute atomic E-state index is 12.9. The van der Waals surface area contributed by atoms with Crippen LogP contribution in [0.15, 0.2) is 12.1 Å². The smallest absolute Gasteiger partial charge is 0.312 e. The Hall–Kier alpha value is -2.39. The Bertz CT molecular complexity index is 798. The van der Waals surface area contributed by atoms with E-state index in [2.05, 4.69) is 0 Å². The summed E-state index contributed by atoms with van der Waals surface area (Å²) in [7, 11) is 1.54. The zero-order valence-corrected chi connectivity index (χ0v) is 13.5. The molecule has 1 aliphatic heterocycles. The summed E-state index contributed by atoms with van der Waals surface area (Å²) >= 11 is 6.14. The number of hydrogen-bond acceptors (Lipinski definition) is 4. The lowest BCUT2D eigenvalue weighted by Gasteiger charge is -2.26. The molecular formula is C16H14ClN3O3. The van der Waals surface area contributed by atoms with Gasteiger partial charge in [0.25, 0.3) is 5.91 Å². The number of imide groups is 1. The third-order valence-electron chi connectivity index (χ3n) is 4.75. The molecule has 1 atom stereocenters. The fourth-order valence-corrected chi connectivity index (χ4v) is 3.51. The number of halogens is 1. The second kappa shape index (κ2) is 5.07. The van der Waals surface area contributed by atoms with Crippen LogP contribution < -0.4 is 4.90 Å². The zero-order valence-electron chi connectivity index (χ0n) is 12.7. The molecule has 118 valence electrons. The summed E-state index contributed by atoms with van der Waals surface area (Å²) in [5.74, 6) is -0.422. The lowest BCUT2D eigenvalue weighted by molar-refractivity contribution is -0.126. The molecule has 1 saturated heterocycles. The molecule has 0 radical (unpaired) electrons. The summed E-state index contributed by atoms with van der Waals surface area (Å²) < 4.78 is 0. The van der Waals surface area contributed by atoms with Gasteiger partial charge in [-0.25, -0.2) is 9.69 Å². The van der Waals surface area contributed by atoms with Crippen molar-refractivity contribution in [2.45, 2.75) is 31.7 Å². The summed E-state index contributed by atoms with van der Waals surface area (Å²) in [6.07, 6.45) is 0.685. The Morgan fingerprint density at radius 2 is 2.00 bits per heavy atom. The van der Waals surface area contributed by atoms with Gasteiger partial charge in [0.15, 0.2) is 0 Å². The third kappa shape index (κ3) is 1.97. The Morgan fingerprint density at radius 1 is 1.30 bits per heavy atom. The molecular weight excluding hydrogens is 318 g/mol. The minimum Gasteiger partial charge on any atom is -0.312 e. The van der Waals surface area contributed by atoms with Gasteiger partial charge in [-0.15, -0.1) is 0 Å². The van der Waals surface area contributed by atoms with Crippen molar-refractivity contribution in [3.63, 3.8) is 0 Å². The van der Waals surface area contributed by atoms with Crippen LogP contribution in [0.5, 0.6) is 0 Å². The molecule has 1 aromatic rings. The maximum Gasteiger partial charge on any atom is 0.332 e. The second-order valence-corrected chi connectivity index (χ2v) is 6.29. The standard InChI is InChI=1S/C16H14ClN3O3/c1-9-12(4-3-10(8-18)13(9)17)20-14(22)16(19(2)15(20)23)6-5-11(21)7-16/h3-4H,5-7H2,1-2H3. The van der Waals surface area contributed by atoms with Crippen molar-refractivity contribution in [2.75, 3.05) is 11.9 Å². The van der Waals surface area contributed by atoms with E-state index in [9.17, 15) is 14.4 Å². The van der Waals surface area contributed by atoms with Crippen LogP contribution in [0.1, 0.15) is 30.4 Å². The van der Waals surface area contributed by atoms with Crippen LogP contribution in [-0.2, 0) is 9.59 Å². The number of hydrogen-bond donors (Lipinski definition) is 0. The highest BCUT2D eigenvalue weighted by Crippen LogP contribution is 2.42. The molecule has 1 unspecified atom stereocenters. The number of ketones is 1. The summed E-state index contributed by atoms with van der Waals surface area (Å²) in [6, 6.07) is 4.51. The van der Waals surface area contributed by atoms with Crippen LogP contribution in [-0.4, -0.2) is 35.2 Å². The number of carbonyl (C=O) groups is 3. The second-order valence-electron chi connectivity index (χ2n) is 5.91. The fourth-order valence-electron chi connectivity index (χ4n) is 3.31. The van der Waals surface area contributed by atoms with Crippen LogP contribution in [0.25, 0.3) is 0 Å². The topological polar surface area (TPSA) is 81.5 Å². The average molecular weight is 332 g/mol.